The van der Waals surface area contributed by atoms with Crippen LogP contribution in [0.2, 0.25) is 0 Å². The summed E-state index contributed by atoms with van der Waals surface area (Å²) in [6, 6.07) is 0. The van der Waals surface area contributed by atoms with E-state index in [1.165, 1.54) is 70.6 Å². The van der Waals surface area contributed by atoms with Gasteiger partial charge in [-0.3, -0.25) is 14.4 Å². The first kappa shape index (κ1) is 71.6. The van der Waals surface area contributed by atoms with Crippen LogP contribution in [0.15, 0.2) is 0 Å². The summed E-state index contributed by atoms with van der Waals surface area (Å²) >= 11 is 0. The van der Waals surface area contributed by atoms with Crippen molar-refractivity contribution in [2.45, 2.75) is 256 Å². The minimum absolute atomic E-state index is 0.0416. The van der Waals surface area contributed by atoms with E-state index < -0.39 is 24.3 Å². The zero-order chi connectivity index (χ0) is 50.0. The van der Waals surface area contributed by atoms with Crippen LogP contribution in [0.4, 0.5) is 4.79 Å². The Morgan fingerprint density at radius 1 is 0.431 bits per heavy atom. The smallest absolute Gasteiger partial charge is 0.466 e. The van der Waals surface area contributed by atoms with E-state index in [0.29, 0.717) is 32.5 Å². The van der Waals surface area contributed by atoms with E-state index in [4.69, 9.17) is 28.4 Å². The minimum Gasteiger partial charge on any atom is -0.466 e. The SMILES string of the molecule is CC.CCC.CCC.CCC.CCCCCCCCCOC(=O)CCCCCCCC(=O)OCC(COC(=O)CCC(O)OCCCCCCCC)COC(=O)OCCCN(CC)CC. The third kappa shape index (κ3) is 65.9. The molecule has 0 spiro atoms. The van der Waals surface area contributed by atoms with Crippen LogP contribution in [-0.2, 0) is 42.8 Å². The van der Waals surface area contributed by atoms with Gasteiger partial charge in [-0.25, -0.2) is 4.79 Å². The number of aliphatic hydroxyl groups excluding tert-OH is 1. The third-order valence-corrected chi connectivity index (χ3v) is 9.31. The highest BCUT2D eigenvalue weighted by Crippen LogP contribution is 2.12. The lowest BCUT2D eigenvalue weighted by Gasteiger charge is -2.19. The molecule has 12 heteroatoms. The maximum absolute atomic E-state index is 12.5. The number of hydrogen-bond acceptors (Lipinski definition) is 12. The lowest BCUT2D eigenvalue weighted by Crippen LogP contribution is -2.27. The lowest BCUT2D eigenvalue weighted by atomic mass is 10.1. The zero-order valence-electron chi connectivity index (χ0n) is 44.9. The number of unbranched alkanes of at least 4 members (excludes halogenated alkanes) is 15. The molecule has 0 aliphatic rings. The van der Waals surface area contributed by atoms with Crippen LogP contribution in [0.1, 0.15) is 250 Å². The molecule has 0 aliphatic heterocycles. The van der Waals surface area contributed by atoms with Crippen molar-refractivity contribution in [3.8, 4) is 0 Å². The van der Waals surface area contributed by atoms with Gasteiger partial charge < -0.3 is 38.4 Å². The topological polar surface area (TPSA) is 147 Å². The molecule has 0 fully saturated rings. The van der Waals surface area contributed by atoms with Crippen molar-refractivity contribution in [3.63, 3.8) is 0 Å². The van der Waals surface area contributed by atoms with E-state index in [1.54, 1.807) is 0 Å². The van der Waals surface area contributed by atoms with Gasteiger partial charge in [-0.1, -0.05) is 192 Å². The highest BCUT2D eigenvalue weighted by Gasteiger charge is 2.19. The van der Waals surface area contributed by atoms with Crippen LogP contribution in [0.25, 0.3) is 0 Å². The van der Waals surface area contributed by atoms with Crippen LogP contribution in [0.3, 0.4) is 0 Å². The first-order valence-electron chi connectivity index (χ1n) is 26.8. The van der Waals surface area contributed by atoms with E-state index >= 15 is 0 Å². The number of rotatable bonds is 39. The maximum Gasteiger partial charge on any atom is 0.508 e. The van der Waals surface area contributed by atoms with Crippen molar-refractivity contribution in [1.29, 1.82) is 0 Å². The molecule has 0 saturated heterocycles. The number of ether oxygens (including phenoxy) is 6. The predicted octanol–water partition coefficient (Wildman–Crippen LogP) is 14.3. The van der Waals surface area contributed by atoms with Gasteiger partial charge in [0.05, 0.1) is 25.6 Å². The minimum atomic E-state index is -1.05. The quantitative estimate of drug-likeness (QED) is 0.0271. The average molecular weight is 936 g/mol. The van der Waals surface area contributed by atoms with Gasteiger partial charge in [-0.05, 0) is 45.2 Å². The fourth-order valence-corrected chi connectivity index (χ4v) is 5.73. The molecule has 1 N–H and O–H groups in total. The van der Waals surface area contributed by atoms with Gasteiger partial charge in [-0.15, -0.1) is 0 Å². The Morgan fingerprint density at radius 3 is 1.26 bits per heavy atom. The lowest BCUT2D eigenvalue weighted by molar-refractivity contribution is -0.153. The number of carbonyl (C=O) groups excluding carboxylic acids is 4. The van der Waals surface area contributed by atoms with Crippen molar-refractivity contribution in [2.75, 3.05) is 59.3 Å². The molecule has 12 nitrogen and oxygen atoms in total. The van der Waals surface area contributed by atoms with Crippen LogP contribution >= 0.6 is 0 Å². The molecule has 0 amide bonds. The Labute approximate surface area is 402 Å². The molecule has 0 aromatic rings. The first-order chi connectivity index (χ1) is 31.5. The van der Waals surface area contributed by atoms with Gasteiger partial charge in [0.2, 0.25) is 0 Å². The Bertz CT molecular complexity index is 944. The molecule has 2 unspecified atom stereocenters. The monoisotopic (exact) mass is 936 g/mol. The summed E-state index contributed by atoms with van der Waals surface area (Å²) in [5, 5.41) is 10.1. The normalized spacial score (nSPS) is 11.2. The third-order valence-electron chi connectivity index (χ3n) is 9.31. The van der Waals surface area contributed by atoms with Gasteiger partial charge in [-0.2, -0.15) is 0 Å². The summed E-state index contributed by atoms with van der Waals surface area (Å²) in [6.07, 6.45) is 22.3. The standard InChI is InChI=1S/C42H79NO11.3C3H8.C2H6/c1-5-9-11-13-15-20-24-31-49-38(44)26-21-17-16-18-22-27-39(45)52-34-37(36-54-42(48)51-33-25-30-43(7-3)8-4)35-53-41(47)29-28-40(46)50-32-23-19-14-12-10-6-2;3*1-3-2;1-2/h37,40,46H,5-36H2,1-4H3;3*3H2,1-2H3;1-2H3. The van der Waals surface area contributed by atoms with E-state index in [9.17, 15) is 24.3 Å². The van der Waals surface area contributed by atoms with Crippen LogP contribution in [-0.4, -0.2) is 99.6 Å². The van der Waals surface area contributed by atoms with Gasteiger partial charge >= 0.3 is 24.1 Å². The fraction of sp³-hybridized carbons (Fsp3) is 0.925. The number of carbonyl (C=O) groups is 4. The first-order valence-corrected chi connectivity index (χ1v) is 26.8. The highest BCUT2D eigenvalue weighted by molar-refractivity contribution is 5.70. The number of esters is 3. The second-order valence-electron chi connectivity index (χ2n) is 16.4. The Kier molecular flexibility index (Phi) is 70.1. The van der Waals surface area contributed by atoms with Crippen molar-refractivity contribution in [1.82, 2.24) is 4.90 Å². The van der Waals surface area contributed by atoms with Crippen molar-refractivity contribution >= 4 is 24.1 Å². The molecule has 0 aliphatic carbocycles. The second kappa shape index (κ2) is 63.6. The van der Waals surface area contributed by atoms with E-state index in [0.717, 1.165) is 77.4 Å². The summed E-state index contributed by atoms with van der Waals surface area (Å²) in [5.74, 6) is -1.64. The molecular weight excluding hydrogens is 827 g/mol. The highest BCUT2D eigenvalue weighted by atomic mass is 16.7. The number of nitrogens with zero attached hydrogens (tertiary/aromatic N) is 1. The Morgan fingerprint density at radius 2 is 0.800 bits per heavy atom. The molecule has 0 aromatic carbocycles. The zero-order valence-corrected chi connectivity index (χ0v) is 44.9. The second-order valence-corrected chi connectivity index (χ2v) is 16.4. The molecule has 0 heterocycles. The van der Waals surface area contributed by atoms with Crippen molar-refractivity contribution < 1.29 is 52.7 Å². The summed E-state index contributed by atoms with van der Waals surface area (Å²) in [5.41, 5.74) is 0. The van der Waals surface area contributed by atoms with Crippen LogP contribution in [0, 0.1) is 5.92 Å². The van der Waals surface area contributed by atoms with Crippen molar-refractivity contribution in [3.05, 3.63) is 0 Å². The number of hydrogen-bond donors (Lipinski definition) is 1. The Balaban J connectivity index is -0.000000986. The largest absolute Gasteiger partial charge is 0.508 e. The van der Waals surface area contributed by atoms with Gasteiger partial charge in [0.1, 0.15) is 19.8 Å². The van der Waals surface area contributed by atoms with E-state index in [2.05, 4.69) is 74.1 Å². The van der Waals surface area contributed by atoms with Gasteiger partial charge in [0.15, 0.2) is 6.29 Å². The summed E-state index contributed by atoms with van der Waals surface area (Å²) < 4.78 is 32.0. The Hall–Kier alpha value is -2.44. The molecule has 0 radical (unpaired) electrons. The molecule has 0 aromatic heterocycles. The average Bonchev–Trinajstić information content (AvgIpc) is 3.29. The van der Waals surface area contributed by atoms with Crippen molar-refractivity contribution in [2.24, 2.45) is 5.92 Å². The predicted molar refractivity (Wildman–Crippen MR) is 270 cm³/mol. The summed E-state index contributed by atoms with van der Waals surface area (Å²) in [7, 11) is 0. The fourth-order valence-electron chi connectivity index (χ4n) is 5.73. The van der Waals surface area contributed by atoms with Crippen LogP contribution in [0.5, 0.6) is 0 Å². The molecule has 0 rings (SSSR count). The van der Waals surface area contributed by atoms with Gasteiger partial charge in [0, 0.05) is 32.4 Å². The molecule has 2 atom stereocenters. The molecule has 65 heavy (non-hydrogen) atoms. The van der Waals surface area contributed by atoms with E-state index in [-0.39, 0.29) is 57.6 Å². The summed E-state index contributed by atoms with van der Waals surface area (Å²) in [4.78, 5) is 51.3. The maximum atomic E-state index is 12.5. The van der Waals surface area contributed by atoms with Gasteiger partial charge in [0.25, 0.3) is 0 Å². The molecule has 392 valence electrons. The van der Waals surface area contributed by atoms with E-state index in [1.807, 2.05) is 13.8 Å². The summed E-state index contributed by atoms with van der Waals surface area (Å²) in [6.45, 7) is 28.7. The molecule has 0 bridgehead atoms. The molecular formula is C53H109NO11. The number of aliphatic hydroxyl groups is 1. The molecule has 0 saturated carbocycles. The van der Waals surface area contributed by atoms with Crippen LogP contribution < -0.4 is 0 Å².